The standard InChI is InChI=1S/C11H13N5O4S/c17-9(12-2-3-20-6-10(18)19)5-16-14-11(13-15-16)8-1-4-21-7-8/h1,4,7H,2-3,5-6H2,(H,12,17)(H,18,19). The Bertz CT molecular complexity index is 598. The lowest BCUT2D eigenvalue weighted by Crippen LogP contribution is -2.31. The van der Waals surface area contributed by atoms with E-state index in [1.165, 1.54) is 16.1 Å². The first-order valence-corrected chi connectivity index (χ1v) is 6.96. The molecule has 0 unspecified atom stereocenters. The summed E-state index contributed by atoms with van der Waals surface area (Å²) >= 11 is 1.52. The van der Waals surface area contributed by atoms with E-state index in [0.717, 1.165) is 5.56 Å². The Morgan fingerprint density at radius 3 is 3.05 bits per heavy atom. The molecule has 0 saturated carbocycles. The number of amides is 1. The number of aromatic nitrogens is 4. The summed E-state index contributed by atoms with van der Waals surface area (Å²) in [5.41, 5.74) is 0.855. The van der Waals surface area contributed by atoms with Crippen LogP contribution in [-0.4, -0.2) is 56.9 Å². The summed E-state index contributed by atoms with van der Waals surface area (Å²) in [6.07, 6.45) is 0. The molecule has 9 nitrogen and oxygen atoms in total. The fourth-order valence-corrected chi connectivity index (χ4v) is 2.06. The van der Waals surface area contributed by atoms with Crippen LogP contribution >= 0.6 is 11.3 Å². The molecular formula is C11H13N5O4S. The highest BCUT2D eigenvalue weighted by Gasteiger charge is 2.09. The van der Waals surface area contributed by atoms with Crippen LogP contribution in [0.4, 0.5) is 0 Å². The number of hydrogen-bond donors (Lipinski definition) is 2. The van der Waals surface area contributed by atoms with Gasteiger partial charge in [0, 0.05) is 17.5 Å². The van der Waals surface area contributed by atoms with E-state index >= 15 is 0 Å². The molecule has 10 heteroatoms. The second-order valence-corrected chi connectivity index (χ2v) is 4.73. The van der Waals surface area contributed by atoms with Crippen molar-refractivity contribution in [3.05, 3.63) is 16.8 Å². The minimum atomic E-state index is -1.05. The summed E-state index contributed by atoms with van der Waals surface area (Å²) in [5.74, 6) is -0.883. The number of hydrogen-bond acceptors (Lipinski definition) is 7. The highest BCUT2D eigenvalue weighted by molar-refractivity contribution is 7.08. The summed E-state index contributed by atoms with van der Waals surface area (Å²) in [6, 6.07) is 1.87. The predicted molar refractivity (Wildman–Crippen MR) is 72.6 cm³/mol. The largest absolute Gasteiger partial charge is 0.480 e. The normalized spacial score (nSPS) is 10.5. The van der Waals surface area contributed by atoms with E-state index in [-0.39, 0.29) is 32.2 Å². The summed E-state index contributed by atoms with van der Waals surface area (Å²) in [4.78, 5) is 23.0. The van der Waals surface area contributed by atoms with Gasteiger partial charge in [0.2, 0.25) is 11.7 Å². The number of rotatable bonds is 8. The molecule has 0 aliphatic rings. The molecule has 2 aromatic rings. The quantitative estimate of drug-likeness (QED) is 0.638. The molecule has 2 aromatic heterocycles. The number of carboxylic acid groups (broad SMARTS) is 1. The second-order valence-electron chi connectivity index (χ2n) is 3.95. The van der Waals surface area contributed by atoms with E-state index in [1.807, 2.05) is 16.8 Å². The number of aliphatic carboxylic acids is 1. The first kappa shape index (κ1) is 15.1. The Labute approximate surface area is 123 Å². The molecule has 0 fully saturated rings. The molecule has 0 aromatic carbocycles. The van der Waals surface area contributed by atoms with Crippen LogP contribution in [0.5, 0.6) is 0 Å². The fraction of sp³-hybridized carbons (Fsp3) is 0.364. The van der Waals surface area contributed by atoms with E-state index in [4.69, 9.17) is 9.84 Å². The molecule has 0 radical (unpaired) electrons. The van der Waals surface area contributed by atoms with Crippen molar-refractivity contribution in [2.45, 2.75) is 6.54 Å². The number of nitrogens with one attached hydrogen (secondary N) is 1. The fourth-order valence-electron chi connectivity index (χ4n) is 1.42. The van der Waals surface area contributed by atoms with Crippen molar-refractivity contribution in [1.82, 2.24) is 25.5 Å². The van der Waals surface area contributed by atoms with Crippen molar-refractivity contribution in [3.63, 3.8) is 0 Å². The van der Waals surface area contributed by atoms with Gasteiger partial charge in [0.25, 0.3) is 0 Å². The van der Waals surface area contributed by atoms with Gasteiger partial charge in [-0.1, -0.05) is 0 Å². The van der Waals surface area contributed by atoms with Crippen LogP contribution < -0.4 is 5.32 Å². The Kier molecular flexibility index (Phi) is 5.35. The van der Waals surface area contributed by atoms with Gasteiger partial charge in [0.05, 0.1) is 6.61 Å². The third kappa shape index (κ3) is 4.93. The monoisotopic (exact) mass is 311 g/mol. The van der Waals surface area contributed by atoms with Gasteiger partial charge in [-0.05, 0) is 16.7 Å². The van der Waals surface area contributed by atoms with Crippen LogP contribution in [0.15, 0.2) is 16.8 Å². The van der Waals surface area contributed by atoms with Crippen molar-refractivity contribution in [2.24, 2.45) is 0 Å². The Morgan fingerprint density at radius 2 is 2.33 bits per heavy atom. The number of nitrogens with zero attached hydrogens (tertiary/aromatic N) is 4. The van der Waals surface area contributed by atoms with Crippen LogP contribution in [0.1, 0.15) is 0 Å². The Morgan fingerprint density at radius 1 is 1.48 bits per heavy atom. The number of carbonyl (C=O) groups excluding carboxylic acids is 1. The maximum Gasteiger partial charge on any atom is 0.329 e. The van der Waals surface area contributed by atoms with Crippen molar-refractivity contribution in [2.75, 3.05) is 19.8 Å². The summed E-state index contributed by atoms with van der Waals surface area (Å²) in [6.45, 7) is -0.0955. The lowest BCUT2D eigenvalue weighted by molar-refractivity contribution is -0.142. The zero-order valence-electron chi connectivity index (χ0n) is 10.9. The van der Waals surface area contributed by atoms with Crippen molar-refractivity contribution >= 4 is 23.2 Å². The number of tetrazole rings is 1. The summed E-state index contributed by atoms with van der Waals surface area (Å²) in [7, 11) is 0. The van der Waals surface area contributed by atoms with Crippen LogP contribution in [0, 0.1) is 0 Å². The SMILES string of the molecule is O=C(O)COCCNC(=O)Cn1nnc(-c2ccsc2)n1. The average Bonchev–Trinajstić information content (AvgIpc) is 3.08. The maximum absolute atomic E-state index is 11.6. The minimum absolute atomic E-state index is 0.0595. The zero-order valence-corrected chi connectivity index (χ0v) is 11.7. The van der Waals surface area contributed by atoms with Crippen LogP contribution in [-0.2, 0) is 20.9 Å². The number of carboxylic acids is 1. The van der Waals surface area contributed by atoms with E-state index in [1.54, 1.807) is 0 Å². The second kappa shape index (κ2) is 7.45. The summed E-state index contributed by atoms with van der Waals surface area (Å²) in [5, 5.41) is 26.5. The average molecular weight is 311 g/mol. The van der Waals surface area contributed by atoms with E-state index in [9.17, 15) is 9.59 Å². The first-order valence-electron chi connectivity index (χ1n) is 6.02. The third-order valence-electron chi connectivity index (χ3n) is 2.31. The van der Waals surface area contributed by atoms with Gasteiger partial charge in [0.1, 0.15) is 13.2 Å². The highest BCUT2D eigenvalue weighted by atomic mass is 32.1. The highest BCUT2D eigenvalue weighted by Crippen LogP contribution is 2.16. The molecule has 2 heterocycles. The predicted octanol–water partition coefficient (Wildman–Crippen LogP) is -0.381. The zero-order chi connectivity index (χ0) is 15.1. The molecule has 2 N–H and O–H groups in total. The number of thiophene rings is 1. The van der Waals surface area contributed by atoms with E-state index in [2.05, 4.69) is 20.7 Å². The lowest BCUT2D eigenvalue weighted by Gasteiger charge is -2.04. The Hall–Kier alpha value is -2.33. The number of ether oxygens (including phenoxy) is 1. The van der Waals surface area contributed by atoms with Crippen LogP contribution in [0.25, 0.3) is 11.4 Å². The van der Waals surface area contributed by atoms with Gasteiger partial charge < -0.3 is 15.2 Å². The summed E-state index contributed by atoms with van der Waals surface area (Å²) < 4.78 is 4.79. The van der Waals surface area contributed by atoms with Gasteiger partial charge in [-0.3, -0.25) is 4.79 Å². The molecular weight excluding hydrogens is 298 g/mol. The minimum Gasteiger partial charge on any atom is -0.480 e. The molecule has 21 heavy (non-hydrogen) atoms. The van der Waals surface area contributed by atoms with Crippen LogP contribution in [0.2, 0.25) is 0 Å². The van der Waals surface area contributed by atoms with Crippen molar-refractivity contribution in [3.8, 4) is 11.4 Å². The molecule has 2 rings (SSSR count). The smallest absolute Gasteiger partial charge is 0.329 e. The molecule has 0 aliphatic heterocycles. The molecule has 0 saturated heterocycles. The molecule has 0 aliphatic carbocycles. The van der Waals surface area contributed by atoms with Gasteiger partial charge in [-0.2, -0.15) is 16.1 Å². The van der Waals surface area contributed by atoms with Crippen molar-refractivity contribution < 1.29 is 19.4 Å². The maximum atomic E-state index is 11.6. The topological polar surface area (TPSA) is 119 Å². The van der Waals surface area contributed by atoms with Gasteiger partial charge in [0.15, 0.2) is 0 Å². The van der Waals surface area contributed by atoms with E-state index < -0.39 is 5.97 Å². The van der Waals surface area contributed by atoms with Crippen LogP contribution in [0.3, 0.4) is 0 Å². The van der Waals surface area contributed by atoms with Gasteiger partial charge in [-0.15, -0.1) is 10.2 Å². The van der Waals surface area contributed by atoms with Crippen molar-refractivity contribution in [1.29, 1.82) is 0 Å². The molecule has 0 spiro atoms. The van der Waals surface area contributed by atoms with Gasteiger partial charge >= 0.3 is 5.97 Å². The third-order valence-corrected chi connectivity index (χ3v) is 2.99. The first-order chi connectivity index (χ1) is 10.1. The molecule has 0 atom stereocenters. The van der Waals surface area contributed by atoms with Gasteiger partial charge in [-0.25, -0.2) is 4.79 Å². The number of carbonyl (C=O) groups is 2. The molecule has 1 amide bonds. The lowest BCUT2D eigenvalue weighted by atomic mass is 10.3. The molecule has 0 bridgehead atoms. The Balaban J connectivity index is 1.72. The van der Waals surface area contributed by atoms with E-state index in [0.29, 0.717) is 5.82 Å². The molecule has 112 valence electrons.